The number of fused-ring (bicyclic) bond motifs is 2. The van der Waals surface area contributed by atoms with Crippen molar-refractivity contribution in [3.05, 3.63) is 11.6 Å². The molecule has 1 spiro atoms. The normalized spacial score (nSPS) is 28.8. The summed E-state index contributed by atoms with van der Waals surface area (Å²) in [5.41, 5.74) is 0.813. The third-order valence-electron chi connectivity index (χ3n) is 14.9. The Morgan fingerprint density at radius 1 is 0.772 bits per heavy atom. The number of nitrogens with zero attached hydrogens (tertiary/aromatic N) is 1. The van der Waals surface area contributed by atoms with Gasteiger partial charge in [-0.15, -0.1) is 0 Å². The van der Waals surface area contributed by atoms with Crippen LogP contribution in [0.5, 0.6) is 0 Å². The average molecular weight is 798 g/mol. The first kappa shape index (κ1) is 46.5. The topological polar surface area (TPSA) is 91.4 Å². The molecule has 0 aromatic carbocycles. The second kappa shape index (κ2) is 24.0. The van der Waals surface area contributed by atoms with Gasteiger partial charge in [-0.1, -0.05) is 98.3 Å². The number of esters is 2. The van der Waals surface area contributed by atoms with Crippen LogP contribution < -0.4 is 0 Å². The van der Waals surface area contributed by atoms with E-state index >= 15 is 0 Å². The summed E-state index contributed by atoms with van der Waals surface area (Å²) in [6, 6.07) is 0. The van der Waals surface area contributed by atoms with Gasteiger partial charge in [-0.2, -0.15) is 0 Å². The van der Waals surface area contributed by atoms with E-state index in [0.717, 1.165) is 116 Å². The minimum atomic E-state index is -0.360. The van der Waals surface area contributed by atoms with Crippen LogP contribution in [0.4, 0.5) is 0 Å². The average Bonchev–Trinajstić information content (AvgIpc) is 3.54. The fraction of sp³-hybridized carbons (Fsp3) is 0.898. The van der Waals surface area contributed by atoms with E-state index in [-0.39, 0.29) is 47.0 Å². The molecule has 8 nitrogen and oxygen atoms in total. The first-order chi connectivity index (χ1) is 27.8. The van der Waals surface area contributed by atoms with Gasteiger partial charge >= 0.3 is 11.9 Å². The second-order valence-electron chi connectivity index (χ2n) is 19.0. The van der Waals surface area contributed by atoms with Gasteiger partial charge in [0, 0.05) is 32.0 Å². The molecule has 1 heterocycles. The van der Waals surface area contributed by atoms with Crippen LogP contribution in [0.15, 0.2) is 11.6 Å². The standard InChI is InChI=1S/C49H83NO7/c1-5-8-11-13-21-34-54-45(55-35-22-14-12-9-6-2)24-18-16-20-33-50(31-10-7-3)32-19-15-17-23-44(52)56-47(53)42-28-27-41-40-26-25-38-36-39(51)29-30-49(38)46(40)43(57-49)37-48(41,42)4/h36,40-43,45-46H,5-35,37H2,1-4H3. The van der Waals surface area contributed by atoms with E-state index in [4.69, 9.17) is 18.9 Å². The number of carbonyl (C=O) groups excluding carboxylic acids is 3. The summed E-state index contributed by atoms with van der Waals surface area (Å²) in [6.45, 7) is 14.0. The summed E-state index contributed by atoms with van der Waals surface area (Å²) in [5, 5.41) is 0. The van der Waals surface area contributed by atoms with Gasteiger partial charge in [0.25, 0.3) is 0 Å². The smallest absolute Gasteiger partial charge is 0.317 e. The molecule has 326 valence electrons. The van der Waals surface area contributed by atoms with Crippen LogP contribution >= 0.6 is 0 Å². The summed E-state index contributed by atoms with van der Waals surface area (Å²) in [6.07, 6.45) is 30.6. The van der Waals surface area contributed by atoms with E-state index in [0.29, 0.717) is 30.6 Å². The van der Waals surface area contributed by atoms with E-state index in [9.17, 15) is 14.4 Å². The Labute approximate surface area is 347 Å². The predicted molar refractivity (Wildman–Crippen MR) is 228 cm³/mol. The molecule has 0 N–H and O–H groups in total. The van der Waals surface area contributed by atoms with Crippen molar-refractivity contribution in [1.82, 2.24) is 4.90 Å². The molecule has 0 radical (unpaired) electrons. The lowest BCUT2D eigenvalue weighted by Crippen LogP contribution is -2.71. The molecule has 1 aliphatic heterocycles. The van der Waals surface area contributed by atoms with Gasteiger partial charge in [0.2, 0.25) is 0 Å². The van der Waals surface area contributed by atoms with Gasteiger partial charge in [-0.3, -0.25) is 14.4 Å². The van der Waals surface area contributed by atoms with Crippen molar-refractivity contribution < 1.29 is 33.3 Å². The second-order valence-corrected chi connectivity index (χ2v) is 19.0. The lowest BCUT2D eigenvalue weighted by Gasteiger charge is -2.68. The molecule has 5 rings (SSSR count). The molecule has 7 atom stereocenters. The van der Waals surface area contributed by atoms with E-state index in [2.05, 4.69) is 32.6 Å². The molecule has 0 aromatic rings. The maximum Gasteiger partial charge on any atom is 0.317 e. The molecule has 57 heavy (non-hydrogen) atoms. The molecule has 7 unspecified atom stereocenters. The molecule has 4 aliphatic carbocycles. The lowest BCUT2D eigenvalue weighted by atomic mass is 9.46. The van der Waals surface area contributed by atoms with Crippen LogP contribution in [-0.2, 0) is 33.3 Å². The third kappa shape index (κ3) is 12.7. The highest BCUT2D eigenvalue weighted by Crippen LogP contribution is 2.70. The first-order valence-corrected chi connectivity index (χ1v) is 24.4. The lowest BCUT2D eigenvalue weighted by molar-refractivity contribution is -0.311. The quantitative estimate of drug-likeness (QED) is 0.0307. The Bertz CT molecular complexity index is 1250. The van der Waals surface area contributed by atoms with Crippen molar-refractivity contribution in [2.75, 3.05) is 32.8 Å². The van der Waals surface area contributed by atoms with Crippen molar-refractivity contribution in [3.8, 4) is 0 Å². The first-order valence-electron chi connectivity index (χ1n) is 24.4. The zero-order valence-corrected chi connectivity index (χ0v) is 37.0. The Kier molecular flexibility index (Phi) is 19.6. The summed E-state index contributed by atoms with van der Waals surface area (Å²) >= 11 is 0. The third-order valence-corrected chi connectivity index (χ3v) is 14.9. The molecule has 5 aliphatic rings. The molecule has 1 saturated heterocycles. The van der Waals surface area contributed by atoms with Crippen molar-refractivity contribution in [2.45, 2.75) is 219 Å². The van der Waals surface area contributed by atoms with Gasteiger partial charge < -0.3 is 23.8 Å². The van der Waals surface area contributed by atoms with Gasteiger partial charge in [-0.25, -0.2) is 0 Å². The van der Waals surface area contributed by atoms with Gasteiger partial charge in [0.1, 0.15) is 0 Å². The van der Waals surface area contributed by atoms with Crippen LogP contribution in [0.1, 0.15) is 201 Å². The van der Waals surface area contributed by atoms with E-state index < -0.39 is 0 Å². The zero-order chi connectivity index (χ0) is 40.5. The monoisotopic (exact) mass is 798 g/mol. The van der Waals surface area contributed by atoms with Crippen molar-refractivity contribution >= 4 is 17.7 Å². The highest BCUT2D eigenvalue weighted by atomic mass is 16.7. The number of ketones is 1. The van der Waals surface area contributed by atoms with Gasteiger partial charge in [0.05, 0.1) is 17.6 Å². The maximum absolute atomic E-state index is 13.6. The number of hydrogen-bond donors (Lipinski definition) is 0. The van der Waals surface area contributed by atoms with Crippen LogP contribution in [0.25, 0.3) is 0 Å². The van der Waals surface area contributed by atoms with Gasteiger partial charge in [0.15, 0.2) is 12.1 Å². The van der Waals surface area contributed by atoms with Crippen molar-refractivity contribution in [2.24, 2.45) is 29.1 Å². The predicted octanol–water partition coefficient (Wildman–Crippen LogP) is 11.5. The molecule has 0 amide bonds. The minimum absolute atomic E-state index is 0.0623. The van der Waals surface area contributed by atoms with Crippen LogP contribution in [0.3, 0.4) is 0 Å². The minimum Gasteiger partial charge on any atom is -0.393 e. The number of unbranched alkanes of at least 4 members (excludes halogenated alkanes) is 13. The van der Waals surface area contributed by atoms with Crippen molar-refractivity contribution in [1.29, 1.82) is 0 Å². The summed E-state index contributed by atoms with van der Waals surface area (Å²) in [5.74, 6) is 0.782. The largest absolute Gasteiger partial charge is 0.393 e. The number of carbonyl (C=O) groups is 3. The van der Waals surface area contributed by atoms with E-state index in [1.165, 1.54) is 82.6 Å². The summed E-state index contributed by atoms with van der Waals surface area (Å²) in [4.78, 5) is 41.3. The van der Waals surface area contributed by atoms with Crippen molar-refractivity contribution in [3.63, 3.8) is 0 Å². The van der Waals surface area contributed by atoms with Crippen LogP contribution in [0, 0.1) is 29.1 Å². The molecule has 3 saturated carbocycles. The SMILES string of the molecule is CCCCCCCOC(CCCCCN(CCCC)CCCCCC(=O)OC(=O)C1CCC2C3CCC4=CC(=O)CCC45OC(CC12C)C35)OCCCCCCC. The Morgan fingerprint density at radius 2 is 1.40 bits per heavy atom. The molecule has 0 aromatic heterocycles. The number of rotatable bonds is 30. The summed E-state index contributed by atoms with van der Waals surface area (Å²) < 4.78 is 24.8. The fourth-order valence-corrected chi connectivity index (χ4v) is 11.7. The van der Waals surface area contributed by atoms with Crippen LogP contribution in [-0.4, -0.2) is 73.5 Å². The molecule has 8 heteroatoms. The Hall–Kier alpha value is -1.61. The van der Waals surface area contributed by atoms with E-state index in [1.54, 1.807) is 0 Å². The highest BCUT2D eigenvalue weighted by molar-refractivity contribution is 5.92. The molecule has 0 bridgehead atoms. The zero-order valence-electron chi connectivity index (χ0n) is 37.0. The van der Waals surface area contributed by atoms with Gasteiger partial charge in [-0.05, 0) is 138 Å². The summed E-state index contributed by atoms with van der Waals surface area (Å²) in [7, 11) is 0. The van der Waals surface area contributed by atoms with E-state index in [1.807, 2.05) is 6.08 Å². The fourth-order valence-electron chi connectivity index (χ4n) is 11.7. The molecule has 4 fully saturated rings. The Morgan fingerprint density at radius 3 is 2.09 bits per heavy atom. The molecular weight excluding hydrogens is 715 g/mol. The van der Waals surface area contributed by atoms with Crippen LogP contribution in [0.2, 0.25) is 0 Å². The molecular formula is C49H83NO7. The maximum atomic E-state index is 13.6. The number of ether oxygens (including phenoxy) is 4. The highest BCUT2D eigenvalue weighted by Gasteiger charge is 2.70. The number of hydrogen-bond acceptors (Lipinski definition) is 8. The Balaban J connectivity index is 0.957.